The molecule has 0 bridgehead atoms. The molecule has 1 aromatic carbocycles. The lowest BCUT2D eigenvalue weighted by atomic mass is 10.1. The van der Waals surface area contributed by atoms with Gasteiger partial charge in [0.1, 0.15) is 11.8 Å². The lowest BCUT2D eigenvalue weighted by Gasteiger charge is -2.29. The number of nitrogens with one attached hydrogen (secondary N) is 2. The van der Waals surface area contributed by atoms with Crippen LogP contribution < -0.4 is 15.4 Å². The second-order valence-corrected chi connectivity index (χ2v) is 5.44. The number of alkyl halides is 3. The second-order valence-electron chi connectivity index (χ2n) is 5.44. The fourth-order valence-electron chi connectivity index (χ4n) is 2.27. The summed E-state index contributed by atoms with van der Waals surface area (Å²) in [4.78, 5) is 24.8. The number of likely N-dealkylation sites (N-methyl/N-ethyl adjacent to an activating group) is 1. The zero-order valence-electron chi connectivity index (χ0n) is 13.0. The maximum atomic E-state index is 12.1. The molecule has 1 unspecified atom stereocenters. The monoisotopic (exact) mass is 345 g/mol. The Labute approximate surface area is 137 Å². The number of carbonyl (C=O) groups excluding carboxylic acids is 2. The van der Waals surface area contributed by atoms with Crippen molar-refractivity contribution in [1.82, 2.24) is 15.5 Å². The molecule has 1 saturated heterocycles. The highest BCUT2D eigenvalue weighted by atomic mass is 19.4. The van der Waals surface area contributed by atoms with Crippen molar-refractivity contribution in [2.45, 2.75) is 18.8 Å². The van der Waals surface area contributed by atoms with E-state index in [4.69, 9.17) is 0 Å². The predicted molar refractivity (Wildman–Crippen MR) is 79.3 cm³/mol. The highest BCUT2D eigenvalue weighted by Gasteiger charge is 2.31. The average Bonchev–Trinajstić information content (AvgIpc) is 2.50. The molecule has 0 saturated carbocycles. The molecule has 6 nitrogen and oxygen atoms in total. The minimum absolute atomic E-state index is 0.0692. The lowest BCUT2D eigenvalue weighted by molar-refractivity contribution is -0.274. The van der Waals surface area contributed by atoms with Crippen molar-refractivity contribution < 1.29 is 27.5 Å². The SMILES string of the molecule is CN1CC(C(=O)NCCc2ccc(OC(F)(F)F)cc2)NCC1=O. The van der Waals surface area contributed by atoms with Gasteiger partial charge >= 0.3 is 6.36 Å². The van der Waals surface area contributed by atoms with Gasteiger partial charge in [-0.15, -0.1) is 13.2 Å². The van der Waals surface area contributed by atoms with Gasteiger partial charge < -0.3 is 15.0 Å². The number of benzene rings is 1. The molecule has 0 aromatic heterocycles. The average molecular weight is 345 g/mol. The highest BCUT2D eigenvalue weighted by Crippen LogP contribution is 2.22. The first-order valence-electron chi connectivity index (χ1n) is 7.34. The molecule has 2 rings (SSSR count). The van der Waals surface area contributed by atoms with Crippen LogP contribution in [0.4, 0.5) is 13.2 Å². The largest absolute Gasteiger partial charge is 0.573 e. The van der Waals surface area contributed by atoms with Crippen LogP contribution in [0.3, 0.4) is 0 Å². The maximum absolute atomic E-state index is 12.1. The van der Waals surface area contributed by atoms with E-state index in [0.717, 1.165) is 5.56 Å². The highest BCUT2D eigenvalue weighted by molar-refractivity contribution is 5.86. The zero-order chi connectivity index (χ0) is 17.7. The summed E-state index contributed by atoms with van der Waals surface area (Å²) in [5.41, 5.74) is 0.772. The fourth-order valence-corrected chi connectivity index (χ4v) is 2.27. The van der Waals surface area contributed by atoms with Crippen LogP contribution >= 0.6 is 0 Å². The Morgan fingerprint density at radius 2 is 2.04 bits per heavy atom. The molecule has 2 amide bonds. The smallest absolute Gasteiger partial charge is 0.406 e. The number of halogens is 3. The topological polar surface area (TPSA) is 70.7 Å². The van der Waals surface area contributed by atoms with Crippen LogP contribution in [-0.4, -0.2) is 55.8 Å². The van der Waals surface area contributed by atoms with E-state index in [1.807, 2.05) is 0 Å². The number of carbonyl (C=O) groups is 2. The van der Waals surface area contributed by atoms with E-state index in [2.05, 4.69) is 15.4 Å². The Kier molecular flexibility index (Phi) is 5.66. The summed E-state index contributed by atoms with van der Waals surface area (Å²) in [5.74, 6) is -0.569. The van der Waals surface area contributed by atoms with E-state index in [0.29, 0.717) is 19.5 Å². The second kappa shape index (κ2) is 7.52. The summed E-state index contributed by atoms with van der Waals surface area (Å²) in [7, 11) is 1.63. The Morgan fingerprint density at radius 1 is 1.38 bits per heavy atom. The number of hydrogen-bond acceptors (Lipinski definition) is 4. The van der Waals surface area contributed by atoms with E-state index < -0.39 is 12.4 Å². The normalized spacial score (nSPS) is 18.4. The van der Waals surface area contributed by atoms with Crippen molar-refractivity contribution in [2.24, 2.45) is 0 Å². The molecule has 132 valence electrons. The molecule has 24 heavy (non-hydrogen) atoms. The summed E-state index contributed by atoms with van der Waals surface area (Å²) >= 11 is 0. The number of amides is 2. The van der Waals surface area contributed by atoms with Gasteiger partial charge in [0, 0.05) is 20.1 Å². The molecule has 1 atom stereocenters. The van der Waals surface area contributed by atoms with Crippen LogP contribution in [0.1, 0.15) is 5.56 Å². The molecule has 0 spiro atoms. The van der Waals surface area contributed by atoms with E-state index in [1.54, 1.807) is 7.05 Å². The fraction of sp³-hybridized carbons (Fsp3) is 0.467. The molecule has 1 heterocycles. The predicted octanol–water partition coefficient (Wildman–Crippen LogP) is 0.674. The zero-order valence-corrected chi connectivity index (χ0v) is 13.0. The summed E-state index contributed by atoms with van der Waals surface area (Å²) < 4.78 is 40.0. The standard InChI is InChI=1S/C15H18F3N3O3/c1-21-9-12(20-8-13(21)22)14(23)19-7-6-10-2-4-11(5-3-10)24-15(16,17)18/h2-5,12,20H,6-9H2,1H3,(H,19,23). The summed E-state index contributed by atoms with van der Waals surface area (Å²) in [6, 6.07) is 5.02. The van der Waals surface area contributed by atoms with Gasteiger partial charge in [-0.25, -0.2) is 0 Å². The third-order valence-electron chi connectivity index (χ3n) is 3.57. The third-order valence-corrected chi connectivity index (χ3v) is 3.57. The van der Waals surface area contributed by atoms with Crippen molar-refractivity contribution in [3.05, 3.63) is 29.8 Å². The Balaban J connectivity index is 1.75. The van der Waals surface area contributed by atoms with Gasteiger partial charge in [0.15, 0.2) is 0 Å². The molecular formula is C15H18F3N3O3. The van der Waals surface area contributed by atoms with Crippen molar-refractivity contribution in [3.63, 3.8) is 0 Å². The molecule has 2 N–H and O–H groups in total. The first-order valence-corrected chi connectivity index (χ1v) is 7.34. The van der Waals surface area contributed by atoms with Gasteiger partial charge in [-0.1, -0.05) is 12.1 Å². The van der Waals surface area contributed by atoms with Crippen molar-refractivity contribution >= 4 is 11.8 Å². The van der Waals surface area contributed by atoms with Gasteiger partial charge in [-0.05, 0) is 24.1 Å². The number of nitrogens with zero attached hydrogens (tertiary/aromatic N) is 1. The quantitative estimate of drug-likeness (QED) is 0.823. The van der Waals surface area contributed by atoms with Gasteiger partial charge in [0.25, 0.3) is 0 Å². The molecule has 9 heteroatoms. The van der Waals surface area contributed by atoms with Crippen molar-refractivity contribution in [2.75, 3.05) is 26.7 Å². The van der Waals surface area contributed by atoms with Gasteiger partial charge in [-0.3, -0.25) is 14.9 Å². The van der Waals surface area contributed by atoms with Crippen LogP contribution in [0, 0.1) is 0 Å². The molecular weight excluding hydrogens is 327 g/mol. The Bertz CT molecular complexity index is 590. The van der Waals surface area contributed by atoms with Crippen LogP contribution in [0.2, 0.25) is 0 Å². The molecule has 1 fully saturated rings. The van der Waals surface area contributed by atoms with E-state index in [-0.39, 0.29) is 24.1 Å². The molecule has 0 aliphatic carbocycles. The minimum Gasteiger partial charge on any atom is -0.406 e. The summed E-state index contributed by atoms with van der Waals surface area (Å²) in [6.45, 7) is 0.761. The van der Waals surface area contributed by atoms with E-state index in [1.165, 1.54) is 29.2 Å². The summed E-state index contributed by atoms with van der Waals surface area (Å²) in [5, 5.41) is 5.59. The van der Waals surface area contributed by atoms with Crippen LogP contribution in [0.25, 0.3) is 0 Å². The van der Waals surface area contributed by atoms with Crippen molar-refractivity contribution in [1.29, 1.82) is 0 Å². The van der Waals surface area contributed by atoms with Crippen LogP contribution in [0.15, 0.2) is 24.3 Å². The molecule has 0 radical (unpaired) electrons. The molecule has 1 aliphatic heterocycles. The van der Waals surface area contributed by atoms with Gasteiger partial charge in [0.05, 0.1) is 6.54 Å². The van der Waals surface area contributed by atoms with E-state index >= 15 is 0 Å². The summed E-state index contributed by atoms with van der Waals surface area (Å²) in [6.07, 6.45) is -4.24. The van der Waals surface area contributed by atoms with Crippen LogP contribution in [-0.2, 0) is 16.0 Å². The Hall–Kier alpha value is -2.29. The molecule has 1 aliphatic rings. The Morgan fingerprint density at radius 3 is 2.62 bits per heavy atom. The molecule has 1 aromatic rings. The minimum atomic E-state index is -4.71. The van der Waals surface area contributed by atoms with Gasteiger partial charge in [0.2, 0.25) is 11.8 Å². The first kappa shape index (κ1) is 18.1. The maximum Gasteiger partial charge on any atom is 0.573 e. The van der Waals surface area contributed by atoms with Gasteiger partial charge in [-0.2, -0.15) is 0 Å². The first-order chi connectivity index (χ1) is 11.2. The third kappa shape index (κ3) is 5.41. The number of piperazine rings is 1. The van der Waals surface area contributed by atoms with Crippen LogP contribution in [0.5, 0.6) is 5.75 Å². The number of ether oxygens (including phenoxy) is 1. The van der Waals surface area contributed by atoms with Crippen molar-refractivity contribution in [3.8, 4) is 5.75 Å². The number of rotatable bonds is 5. The lowest BCUT2D eigenvalue weighted by Crippen LogP contribution is -2.58. The number of hydrogen-bond donors (Lipinski definition) is 2. The van der Waals surface area contributed by atoms with E-state index in [9.17, 15) is 22.8 Å².